The highest BCUT2D eigenvalue weighted by Crippen LogP contribution is 2.33. The molecule has 39 heavy (non-hydrogen) atoms. The second-order valence-electron chi connectivity index (χ2n) is 8.66. The van der Waals surface area contributed by atoms with Crippen molar-refractivity contribution in [2.24, 2.45) is 5.10 Å². The Kier molecular flexibility index (Phi) is 10.7. The van der Waals surface area contributed by atoms with Gasteiger partial charge in [-0.25, -0.2) is 10.2 Å². The normalized spacial score (nSPS) is 15.7. The van der Waals surface area contributed by atoms with Crippen LogP contribution in [-0.2, 0) is 14.3 Å². The summed E-state index contributed by atoms with van der Waals surface area (Å²) in [5.74, 6) is 0.690. The number of esters is 1. The van der Waals surface area contributed by atoms with Gasteiger partial charge in [-0.1, -0.05) is 25.1 Å². The van der Waals surface area contributed by atoms with E-state index in [1.165, 1.54) is 6.21 Å². The minimum absolute atomic E-state index is 0.0572. The lowest BCUT2D eigenvalue weighted by Crippen LogP contribution is -2.45. The zero-order valence-corrected chi connectivity index (χ0v) is 23.5. The lowest BCUT2D eigenvalue weighted by atomic mass is 9.95. The zero-order valence-electron chi connectivity index (χ0n) is 22.7. The van der Waals surface area contributed by atoms with Crippen molar-refractivity contribution < 1.29 is 28.5 Å². The Morgan fingerprint density at radius 2 is 1.92 bits per heavy atom. The topological polar surface area (TPSA) is 120 Å². The number of hydrazone groups is 1. The monoisotopic (exact) mass is 554 g/mol. The highest BCUT2D eigenvalue weighted by atomic mass is 32.1. The molecular formula is C28H34N4O6S. The van der Waals surface area contributed by atoms with Gasteiger partial charge in [-0.05, 0) is 69.2 Å². The van der Waals surface area contributed by atoms with E-state index in [1.54, 1.807) is 51.3 Å². The van der Waals surface area contributed by atoms with Crippen LogP contribution >= 0.6 is 12.2 Å². The van der Waals surface area contributed by atoms with Crippen LogP contribution in [0.5, 0.6) is 17.2 Å². The summed E-state index contributed by atoms with van der Waals surface area (Å²) in [6.07, 6.45) is 2.43. The van der Waals surface area contributed by atoms with Crippen LogP contribution in [0.4, 0.5) is 0 Å². The van der Waals surface area contributed by atoms with E-state index in [-0.39, 0.29) is 19.3 Å². The van der Waals surface area contributed by atoms with Gasteiger partial charge in [-0.3, -0.25) is 4.79 Å². The third-order valence-electron chi connectivity index (χ3n) is 5.85. The Morgan fingerprint density at radius 1 is 1.15 bits per heavy atom. The number of nitrogens with one attached hydrogen (secondary N) is 3. The zero-order chi connectivity index (χ0) is 28.4. The molecule has 10 nitrogen and oxygen atoms in total. The smallest absolute Gasteiger partial charge is 0.338 e. The van der Waals surface area contributed by atoms with E-state index in [9.17, 15) is 9.59 Å². The van der Waals surface area contributed by atoms with Gasteiger partial charge in [-0.2, -0.15) is 5.10 Å². The molecular weight excluding hydrogens is 520 g/mol. The molecule has 0 aromatic heterocycles. The average molecular weight is 555 g/mol. The van der Waals surface area contributed by atoms with Crippen molar-refractivity contribution in [3.63, 3.8) is 0 Å². The number of thiocarbonyl (C=S) groups is 1. The molecule has 0 aliphatic carbocycles. The van der Waals surface area contributed by atoms with Crippen LogP contribution in [0.3, 0.4) is 0 Å². The summed E-state index contributed by atoms with van der Waals surface area (Å²) in [4.78, 5) is 25.2. The number of benzene rings is 2. The fourth-order valence-electron chi connectivity index (χ4n) is 3.77. The molecule has 2 atom stereocenters. The van der Waals surface area contributed by atoms with Crippen LogP contribution < -0.4 is 30.3 Å². The number of rotatable bonds is 12. The van der Waals surface area contributed by atoms with Gasteiger partial charge in [0, 0.05) is 11.3 Å². The van der Waals surface area contributed by atoms with Crippen LogP contribution in [0.2, 0.25) is 0 Å². The molecule has 1 heterocycles. The van der Waals surface area contributed by atoms with Crippen LogP contribution in [0.15, 0.2) is 58.8 Å². The van der Waals surface area contributed by atoms with E-state index < -0.39 is 17.9 Å². The van der Waals surface area contributed by atoms with Gasteiger partial charge >= 0.3 is 5.97 Å². The molecule has 0 saturated heterocycles. The fourth-order valence-corrected chi connectivity index (χ4v) is 4.04. The van der Waals surface area contributed by atoms with Crippen molar-refractivity contribution in [1.82, 2.24) is 16.1 Å². The molecule has 3 N–H and O–H groups in total. The maximum Gasteiger partial charge on any atom is 0.338 e. The van der Waals surface area contributed by atoms with Gasteiger partial charge < -0.3 is 29.6 Å². The molecule has 0 saturated carbocycles. The van der Waals surface area contributed by atoms with Gasteiger partial charge in [-0.15, -0.1) is 0 Å². The summed E-state index contributed by atoms with van der Waals surface area (Å²) in [6.45, 7) is 7.45. The molecule has 1 aliphatic rings. The Balaban J connectivity index is 1.67. The first-order valence-electron chi connectivity index (χ1n) is 12.6. The number of allylic oxidation sites excluding steroid dienone is 1. The van der Waals surface area contributed by atoms with E-state index in [0.29, 0.717) is 39.2 Å². The SMILES string of the molecule is CCOC(=O)C1=C(C)NC(=S)N[C@@H]1c1ccccc1OCC(=O)NN=Cc1ccc(O[C@H](C)CC)c(OC)c1. The number of hydrogen-bond donors (Lipinski definition) is 3. The summed E-state index contributed by atoms with van der Waals surface area (Å²) in [7, 11) is 1.57. The number of methoxy groups -OCH3 is 1. The number of carbonyl (C=O) groups excluding carboxylic acids is 2. The van der Waals surface area contributed by atoms with Crippen LogP contribution in [0.25, 0.3) is 0 Å². The third-order valence-corrected chi connectivity index (χ3v) is 6.07. The van der Waals surface area contributed by atoms with Crippen LogP contribution in [0.1, 0.15) is 51.3 Å². The first-order chi connectivity index (χ1) is 18.8. The minimum Gasteiger partial charge on any atom is -0.493 e. The highest BCUT2D eigenvalue weighted by Gasteiger charge is 2.32. The maximum atomic E-state index is 12.7. The molecule has 3 rings (SSSR count). The molecule has 0 bridgehead atoms. The largest absolute Gasteiger partial charge is 0.493 e. The van der Waals surface area contributed by atoms with Gasteiger partial charge in [0.2, 0.25) is 0 Å². The standard InChI is InChI=1S/C28H34N4O6S/c1-6-17(3)38-22-13-12-19(14-23(22)35-5)15-29-32-24(33)16-37-21-11-9-8-10-20(21)26-25(27(34)36-7-2)18(4)30-28(39)31-26/h8-15,17,26H,6-7,16H2,1-5H3,(H,32,33)(H2,30,31,39)/t17-,26-/m1/s1. The summed E-state index contributed by atoms with van der Waals surface area (Å²) in [6, 6.07) is 11.9. The van der Waals surface area contributed by atoms with E-state index >= 15 is 0 Å². The van der Waals surface area contributed by atoms with E-state index in [0.717, 1.165) is 12.0 Å². The number of amides is 1. The van der Waals surface area contributed by atoms with Crippen molar-refractivity contribution >= 4 is 35.4 Å². The molecule has 2 aromatic carbocycles. The Labute approximate surface area is 233 Å². The van der Waals surface area contributed by atoms with E-state index in [4.69, 9.17) is 31.2 Å². The van der Waals surface area contributed by atoms with Crippen molar-refractivity contribution in [3.8, 4) is 17.2 Å². The lowest BCUT2D eigenvalue weighted by Gasteiger charge is -2.30. The molecule has 2 aromatic rings. The van der Waals surface area contributed by atoms with Crippen molar-refractivity contribution in [2.75, 3.05) is 20.3 Å². The Hall–Kier alpha value is -4.12. The molecule has 208 valence electrons. The third kappa shape index (κ3) is 7.93. The van der Waals surface area contributed by atoms with Crippen molar-refractivity contribution in [2.45, 2.75) is 46.3 Å². The molecule has 11 heteroatoms. The molecule has 1 aliphatic heterocycles. The molecule has 0 unspecified atom stereocenters. The fraction of sp³-hybridized carbons (Fsp3) is 0.357. The van der Waals surface area contributed by atoms with Crippen LogP contribution in [-0.4, -0.2) is 49.6 Å². The predicted molar refractivity (Wildman–Crippen MR) is 152 cm³/mol. The van der Waals surface area contributed by atoms with Gasteiger partial charge in [0.15, 0.2) is 23.2 Å². The van der Waals surface area contributed by atoms with Crippen molar-refractivity contribution in [3.05, 3.63) is 64.9 Å². The summed E-state index contributed by atoms with van der Waals surface area (Å²) in [5.41, 5.74) is 4.77. The number of nitrogens with zero attached hydrogens (tertiary/aromatic N) is 1. The second kappa shape index (κ2) is 14.1. The Morgan fingerprint density at radius 3 is 2.64 bits per heavy atom. The predicted octanol–water partition coefficient (Wildman–Crippen LogP) is 3.76. The first kappa shape index (κ1) is 29.4. The maximum absolute atomic E-state index is 12.7. The number of ether oxygens (including phenoxy) is 4. The average Bonchev–Trinajstić information content (AvgIpc) is 2.92. The van der Waals surface area contributed by atoms with Gasteiger partial charge in [0.05, 0.1) is 37.7 Å². The molecule has 1 amide bonds. The van der Waals surface area contributed by atoms with Crippen LogP contribution in [0, 0.1) is 0 Å². The van der Waals surface area contributed by atoms with E-state index in [1.807, 2.05) is 26.0 Å². The first-order valence-corrected chi connectivity index (χ1v) is 13.0. The lowest BCUT2D eigenvalue weighted by molar-refractivity contribution is -0.139. The molecule has 0 spiro atoms. The summed E-state index contributed by atoms with van der Waals surface area (Å²) < 4.78 is 22.3. The Bertz CT molecular complexity index is 1260. The highest BCUT2D eigenvalue weighted by molar-refractivity contribution is 7.80. The quantitative estimate of drug-likeness (QED) is 0.156. The number of para-hydroxylation sites is 1. The second-order valence-corrected chi connectivity index (χ2v) is 9.07. The molecule has 0 fully saturated rings. The minimum atomic E-state index is -0.614. The van der Waals surface area contributed by atoms with Gasteiger partial charge in [0.25, 0.3) is 5.91 Å². The number of carbonyl (C=O) groups is 2. The number of hydrogen-bond acceptors (Lipinski definition) is 8. The van der Waals surface area contributed by atoms with Crippen molar-refractivity contribution in [1.29, 1.82) is 0 Å². The summed E-state index contributed by atoms with van der Waals surface area (Å²) >= 11 is 5.30. The van der Waals surface area contributed by atoms with Gasteiger partial charge in [0.1, 0.15) is 5.75 Å². The molecule has 0 radical (unpaired) electrons. The summed E-state index contributed by atoms with van der Waals surface area (Å²) in [5, 5.41) is 10.4. The van der Waals surface area contributed by atoms with E-state index in [2.05, 4.69) is 21.2 Å².